The largest absolute Gasteiger partial charge is 0.392 e. The van der Waals surface area contributed by atoms with Gasteiger partial charge in [0.15, 0.2) is 0 Å². The number of para-hydroxylation sites is 1. The van der Waals surface area contributed by atoms with Crippen LogP contribution in [0.15, 0.2) is 24.3 Å². The summed E-state index contributed by atoms with van der Waals surface area (Å²) in [6.07, 6.45) is 7.35. The zero-order valence-corrected chi connectivity index (χ0v) is 14.7. The van der Waals surface area contributed by atoms with Crippen LogP contribution < -0.4 is 5.32 Å². The zero-order chi connectivity index (χ0) is 17.6. The first kappa shape index (κ1) is 17.9. The van der Waals surface area contributed by atoms with Gasteiger partial charge in [-0.05, 0) is 37.3 Å². The van der Waals surface area contributed by atoms with Gasteiger partial charge in [-0.3, -0.25) is 9.69 Å². The maximum absolute atomic E-state index is 12.3. The van der Waals surface area contributed by atoms with Gasteiger partial charge in [0.2, 0.25) is 5.91 Å². The van der Waals surface area contributed by atoms with Gasteiger partial charge >= 0.3 is 0 Å². The molecule has 134 valence electrons. The Morgan fingerprint density at radius 2 is 2.04 bits per heavy atom. The van der Waals surface area contributed by atoms with E-state index in [0.29, 0.717) is 42.7 Å². The van der Waals surface area contributed by atoms with Gasteiger partial charge in [-0.1, -0.05) is 31.4 Å². The van der Waals surface area contributed by atoms with Crippen LogP contribution in [0.2, 0.25) is 0 Å². The minimum Gasteiger partial charge on any atom is -0.392 e. The number of nitrogens with one attached hydrogen (secondary N) is 1. The molecule has 0 aromatic heterocycles. The Hall–Kier alpha value is -1.90. The fourth-order valence-electron chi connectivity index (χ4n) is 4.32. The number of β-amino-alcohol motifs (C(OH)–C–C–N with tert-alkyl or cyclic N) is 1. The van der Waals surface area contributed by atoms with Gasteiger partial charge in [-0.25, -0.2) is 0 Å². The van der Waals surface area contributed by atoms with Crippen molar-refractivity contribution >= 4 is 11.6 Å². The summed E-state index contributed by atoms with van der Waals surface area (Å²) in [5.41, 5.74) is 1.05. The first-order chi connectivity index (χ1) is 12.2. The Morgan fingerprint density at radius 3 is 2.80 bits per heavy atom. The highest BCUT2D eigenvalue weighted by Gasteiger charge is 2.36. The van der Waals surface area contributed by atoms with Crippen molar-refractivity contribution < 1.29 is 9.90 Å². The zero-order valence-electron chi connectivity index (χ0n) is 14.7. The molecule has 5 heteroatoms. The van der Waals surface area contributed by atoms with Crippen LogP contribution in [-0.4, -0.2) is 41.1 Å². The number of aliphatic hydroxyl groups excluding tert-OH is 1. The number of amides is 1. The standard InChI is InChI=1S/C20H27N3O2/c21-13-16-8-4-5-9-18(16)22-20(25)10-11-23-14-17(24)12-19(23)15-6-2-1-3-7-15/h4-5,8-9,15,17,19,24H,1-3,6-7,10-12,14H2,(H,22,25)/t17-,19-/m0/s1. The molecule has 1 amide bonds. The molecular formula is C20H27N3O2. The third-order valence-electron chi connectivity index (χ3n) is 5.57. The number of aliphatic hydroxyl groups is 1. The van der Waals surface area contributed by atoms with Gasteiger partial charge in [-0.15, -0.1) is 0 Å². The minimum absolute atomic E-state index is 0.0773. The number of anilines is 1. The predicted octanol–water partition coefficient (Wildman–Crippen LogP) is 2.90. The van der Waals surface area contributed by atoms with Gasteiger partial charge in [0, 0.05) is 25.6 Å². The smallest absolute Gasteiger partial charge is 0.225 e. The monoisotopic (exact) mass is 341 g/mol. The highest BCUT2D eigenvalue weighted by molar-refractivity contribution is 5.92. The summed E-state index contributed by atoms with van der Waals surface area (Å²) in [4.78, 5) is 14.6. The van der Waals surface area contributed by atoms with Gasteiger partial charge in [-0.2, -0.15) is 5.26 Å². The van der Waals surface area contributed by atoms with Crippen LogP contribution in [-0.2, 0) is 4.79 Å². The average Bonchev–Trinajstić information content (AvgIpc) is 3.02. The molecular weight excluding hydrogens is 314 g/mol. The van der Waals surface area contributed by atoms with E-state index in [4.69, 9.17) is 5.26 Å². The molecule has 0 bridgehead atoms. The Morgan fingerprint density at radius 1 is 1.28 bits per heavy atom. The van der Waals surface area contributed by atoms with E-state index < -0.39 is 0 Å². The molecule has 1 saturated carbocycles. The minimum atomic E-state index is -0.269. The van der Waals surface area contributed by atoms with Gasteiger partial charge in [0.25, 0.3) is 0 Å². The molecule has 1 saturated heterocycles. The van der Waals surface area contributed by atoms with Crippen molar-refractivity contribution in [3.63, 3.8) is 0 Å². The van der Waals surface area contributed by atoms with Crippen molar-refractivity contribution in [2.45, 2.75) is 57.1 Å². The SMILES string of the molecule is N#Cc1ccccc1NC(=O)CCN1C[C@@H](O)C[C@H]1C1CCCCC1. The van der Waals surface area contributed by atoms with Crippen LogP contribution >= 0.6 is 0 Å². The van der Waals surface area contributed by atoms with E-state index in [1.807, 2.05) is 6.07 Å². The van der Waals surface area contributed by atoms with Gasteiger partial charge in [0.1, 0.15) is 6.07 Å². The normalized spacial score (nSPS) is 24.8. The molecule has 5 nitrogen and oxygen atoms in total. The van der Waals surface area contributed by atoms with Crippen LogP contribution in [0.1, 0.15) is 50.5 Å². The lowest BCUT2D eigenvalue weighted by atomic mass is 9.82. The lowest BCUT2D eigenvalue weighted by molar-refractivity contribution is -0.116. The highest BCUT2D eigenvalue weighted by atomic mass is 16.3. The number of carbonyl (C=O) groups is 1. The number of carbonyl (C=O) groups excluding carboxylic acids is 1. The maximum Gasteiger partial charge on any atom is 0.225 e. The fourth-order valence-corrected chi connectivity index (χ4v) is 4.32. The maximum atomic E-state index is 12.3. The lowest BCUT2D eigenvalue weighted by Gasteiger charge is -2.33. The van der Waals surface area contributed by atoms with E-state index in [0.717, 1.165) is 6.42 Å². The van der Waals surface area contributed by atoms with E-state index in [-0.39, 0.29) is 12.0 Å². The molecule has 0 spiro atoms. The molecule has 1 aliphatic heterocycles. The summed E-state index contributed by atoms with van der Waals surface area (Å²) in [7, 11) is 0. The van der Waals surface area contributed by atoms with Crippen molar-refractivity contribution in [3.05, 3.63) is 29.8 Å². The molecule has 2 aliphatic rings. The lowest BCUT2D eigenvalue weighted by Crippen LogP contribution is -2.38. The second kappa shape index (κ2) is 8.46. The first-order valence-corrected chi connectivity index (χ1v) is 9.38. The fraction of sp³-hybridized carbons (Fsp3) is 0.600. The van der Waals surface area contributed by atoms with Crippen molar-refractivity contribution in [1.29, 1.82) is 5.26 Å². The number of hydrogen-bond donors (Lipinski definition) is 2. The molecule has 2 atom stereocenters. The summed E-state index contributed by atoms with van der Waals surface area (Å²) in [6.45, 7) is 1.34. The van der Waals surface area contributed by atoms with Crippen LogP contribution in [0.3, 0.4) is 0 Å². The molecule has 1 aliphatic carbocycles. The molecule has 2 N–H and O–H groups in total. The summed E-state index contributed by atoms with van der Waals surface area (Å²) >= 11 is 0. The van der Waals surface area contributed by atoms with Crippen molar-refractivity contribution in [1.82, 2.24) is 4.90 Å². The number of rotatable bonds is 5. The molecule has 3 rings (SSSR count). The molecule has 1 aromatic rings. The Bertz CT molecular complexity index is 634. The third-order valence-corrected chi connectivity index (χ3v) is 5.57. The summed E-state index contributed by atoms with van der Waals surface area (Å²) < 4.78 is 0. The average molecular weight is 341 g/mol. The van der Waals surface area contributed by atoms with Gasteiger partial charge in [0.05, 0.1) is 17.4 Å². The number of hydrogen-bond acceptors (Lipinski definition) is 4. The van der Waals surface area contributed by atoms with E-state index in [1.54, 1.807) is 18.2 Å². The van der Waals surface area contributed by atoms with Crippen LogP contribution in [0.5, 0.6) is 0 Å². The van der Waals surface area contributed by atoms with Crippen LogP contribution in [0, 0.1) is 17.2 Å². The Labute approximate surface area is 149 Å². The Kier molecular flexibility index (Phi) is 6.06. The van der Waals surface area contributed by atoms with Crippen molar-refractivity contribution in [3.8, 4) is 6.07 Å². The Balaban J connectivity index is 1.54. The first-order valence-electron chi connectivity index (χ1n) is 9.38. The van der Waals surface area contributed by atoms with Crippen LogP contribution in [0.4, 0.5) is 5.69 Å². The molecule has 1 heterocycles. The molecule has 0 unspecified atom stereocenters. The topological polar surface area (TPSA) is 76.4 Å². The van der Waals surface area contributed by atoms with E-state index in [2.05, 4.69) is 16.3 Å². The number of likely N-dealkylation sites (tertiary alicyclic amines) is 1. The van der Waals surface area contributed by atoms with Crippen molar-refractivity contribution in [2.75, 3.05) is 18.4 Å². The predicted molar refractivity (Wildman–Crippen MR) is 97.0 cm³/mol. The quantitative estimate of drug-likeness (QED) is 0.863. The van der Waals surface area contributed by atoms with Gasteiger partial charge < -0.3 is 10.4 Å². The molecule has 25 heavy (non-hydrogen) atoms. The van der Waals surface area contributed by atoms with Crippen molar-refractivity contribution in [2.24, 2.45) is 5.92 Å². The van der Waals surface area contributed by atoms with Crippen LogP contribution in [0.25, 0.3) is 0 Å². The van der Waals surface area contributed by atoms with E-state index in [9.17, 15) is 9.90 Å². The second-order valence-corrected chi connectivity index (χ2v) is 7.31. The number of benzene rings is 1. The highest BCUT2D eigenvalue weighted by Crippen LogP contribution is 2.34. The summed E-state index contributed by atoms with van der Waals surface area (Å²) in [6, 6.07) is 9.56. The van der Waals surface area contributed by atoms with E-state index in [1.165, 1.54) is 32.1 Å². The number of nitriles is 1. The van der Waals surface area contributed by atoms with E-state index >= 15 is 0 Å². The molecule has 1 aromatic carbocycles. The molecule has 2 fully saturated rings. The third kappa shape index (κ3) is 4.59. The number of nitrogens with zero attached hydrogens (tertiary/aromatic N) is 2. The summed E-state index contributed by atoms with van der Waals surface area (Å²) in [5, 5.41) is 22.0. The molecule has 0 radical (unpaired) electrons. The second-order valence-electron chi connectivity index (χ2n) is 7.31. The summed E-state index contributed by atoms with van der Waals surface area (Å²) in [5.74, 6) is 0.583.